The maximum atomic E-state index is 5.82. The van der Waals surface area contributed by atoms with Crippen LogP contribution in [0.3, 0.4) is 0 Å². The molecule has 1 heterocycles. The SMILES string of the molecule is CCCNC(c1ccsc1C)C(OC)c1ccccc1. The topological polar surface area (TPSA) is 21.3 Å². The summed E-state index contributed by atoms with van der Waals surface area (Å²) in [6, 6.07) is 12.9. The monoisotopic (exact) mass is 289 g/mol. The standard InChI is InChI=1S/C17H23NOS/c1-4-11-18-16(15-10-12-20-13(15)2)17(19-3)14-8-6-5-7-9-14/h5-10,12,16-18H,4,11H2,1-3H3. The Morgan fingerprint density at radius 1 is 1.20 bits per heavy atom. The summed E-state index contributed by atoms with van der Waals surface area (Å²) in [5, 5.41) is 5.80. The van der Waals surface area contributed by atoms with Gasteiger partial charge in [0.1, 0.15) is 6.10 Å². The summed E-state index contributed by atoms with van der Waals surface area (Å²) in [6.45, 7) is 5.36. The zero-order valence-corrected chi connectivity index (χ0v) is 13.2. The molecule has 0 amide bonds. The van der Waals surface area contributed by atoms with Crippen molar-refractivity contribution in [1.82, 2.24) is 5.32 Å². The second-order valence-corrected chi connectivity index (χ2v) is 6.05. The quantitative estimate of drug-likeness (QED) is 0.811. The number of rotatable bonds is 7. The predicted molar refractivity (Wildman–Crippen MR) is 86.3 cm³/mol. The molecule has 1 aromatic carbocycles. The fraction of sp³-hybridized carbons (Fsp3) is 0.412. The highest BCUT2D eigenvalue weighted by Crippen LogP contribution is 2.34. The van der Waals surface area contributed by atoms with Crippen LogP contribution in [-0.4, -0.2) is 13.7 Å². The number of methoxy groups -OCH3 is 1. The van der Waals surface area contributed by atoms with E-state index in [4.69, 9.17) is 4.74 Å². The van der Waals surface area contributed by atoms with Gasteiger partial charge in [-0.1, -0.05) is 37.3 Å². The molecule has 0 aliphatic carbocycles. The number of benzene rings is 1. The zero-order chi connectivity index (χ0) is 14.4. The van der Waals surface area contributed by atoms with Gasteiger partial charge in [0.05, 0.1) is 6.04 Å². The van der Waals surface area contributed by atoms with E-state index in [9.17, 15) is 0 Å². The third kappa shape index (κ3) is 3.48. The van der Waals surface area contributed by atoms with Crippen LogP contribution in [0.15, 0.2) is 41.8 Å². The molecule has 2 unspecified atom stereocenters. The molecular formula is C17H23NOS. The Kier molecular flexibility index (Phi) is 5.77. The van der Waals surface area contributed by atoms with Gasteiger partial charge in [-0.2, -0.15) is 0 Å². The van der Waals surface area contributed by atoms with E-state index < -0.39 is 0 Å². The van der Waals surface area contributed by atoms with Crippen molar-refractivity contribution in [3.05, 3.63) is 57.8 Å². The minimum Gasteiger partial charge on any atom is -0.375 e. The lowest BCUT2D eigenvalue weighted by molar-refractivity contribution is 0.0675. The number of thiophene rings is 1. The summed E-state index contributed by atoms with van der Waals surface area (Å²) in [5.41, 5.74) is 2.56. The van der Waals surface area contributed by atoms with Gasteiger partial charge < -0.3 is 10.1 Å². The molecule has 2 aromatic rings. The molecule has 0 aliphatic heterocycles. The highest BCUT2D eigenvalue weighted by atomic mass is 32.1. The van der Waals surface area contributed by atoms with Crippen molar-refractivity contribution in [3.8, 4) is 0 Å². The fourth-order valence-corrected chi connectivity index (χ4v) is 3.25. The van der Waals surface area contributed by atoms with Crippen LogP contribution in [0, 0.1) is 6.92 Å². The van der Waals surface area contributed by atoms with Crippen LogP contribution < -0.4 is 5.32 Å². The molecule has 2 rings (SSSR count). The third-order valence-electron chi connectivity index (χ3n) is 3.53. The lowest BCUT2D eigenvalue weighted by Gasteiger charge is -2.28. The molecule has 0 radical (unpaired) electrons. The van der Waals surface area contributed by atoms with Gasteiger partial charge in [-0.25, -0.2) is 0 Å². The molecule has 0 aliphatic rings. The minimum atomic E-state index is 0.0380. The van der Waals surface area contributed by atoms with Crippen LogP contribution in [0.5, 0.6) is 0 Å². The van der Waals surface area contributed by atoms with Crippen LogP contribution in [0.2, 0.25) is 0 Å². The van der Waals surface area contributed by atoms with Gasteiger partial charge in [0, 0.05) is 12.0 Å². The van der Waals surface area contributed by atoms with Crippen molar-refractivity contribution < 1.29 is 4.74 Å². The minimum absolute atomic E-state index is 0.0380. The Morgan fingerprint density at radius 3 is 2.50 bits per heavy atom. The molecule has 0 spiro atoms. The van der Waals surface area contributed by atoms with Crippen LogP contribution in [0.25, 0.3) is 0 Å². The molecule has 0 bridgehead atoms. The summed E-state index contributed by atoms with van der Waals surface area (Å²) in [6.07, 6.45) is 1.15. The summed E-state index contributed by atoms with van der Waals surface area (Å²) in [5.74, 6) is 0. The molecule has 0 saturated heterocycles. The molecule has 1 aromatic heterocycles. The van der Waals surface area contributed by atoms with Crippen molar-refractivity contribution in [2.75, 3.05) is 13.7 Å². The maximum Gasteiger partial charge on any atom is 0.102 e. The Hall–Kier alpha value is -1.16. The van der Waals surface area contributed by atoms with Crippen LogP contribution in [-0.2, 0) is 4.74 Å². The smallest absolute Gasteiger partial charge is 0.102 e. The molecular weight excluding hydrogens is 266 g/mol. The Bertz CT molecular complexity index is 509. The molecule has 0 saturated carbocycles. The Labute approximate surface area is 125 Å². The lowest BCUT2D eigenvalue weighted by atomic mass is 9.96. The van der Waals surface area contributed by atoms with Gasteiger partial charge >= 0.3 is 0 Å². The number of hydrogen-bond donors (Lipinski definition) is 1. The number of nitrogens with one attached hydrogen (secondary N) is 1. The first-order chi connectivity index (χ1) is 9.77. The summed E-state index contributed by atoms with van der Waals surface area (Å²) < 4.78 is 5.82. The van der Waals surface area contributed by atoms with Crippen molar-refractivity contribution in [2.45, 2.75) is 32.4 Å². The lowest BCUT2D eigenvalue weighted by Crippen LogP contribution is -2.29. The normalized spacial score (nSPS) is 14.2. The second kappa shape index (κ2) is 7.58. The van der Waals surface area contributed by atoms with Gasteiger partial charge in [-0.3, -0.25) is 0 Å². The third-order valence-corrected chi connectivity index (χ3v) is 4.39. The van der Waals surface area contributed by atoms with E-state index in [0.29, 0.717) is 0 Å². The largest absolute Gasteiger partial charge is 0.375 e. The highest BCUT2D eigenvalue weighted by molar-refractivity contribution is 7.10. The molecule has 1 N–H and O–H groups in total. The maximum absolute atomic E-state index is 5.82. The van der Waals surface area contributed by atoms with Gasteiger partial charge in [0.15, 0.2) is 0 Å². The second-order valence-electron chi connectivity index (χ2n) is 4.93. The van der Waals surface area contributed by atoms with E-state index in [0.717, 1.165) is 13.0 Å². The zero-order valence-electron chi connectivity index (χ0n) is 12.4. The first kappa shape index (κ1) is 15.2. The summed E-state index contributed by atoms with van der Waals surface area (Å²) in [7, 11) is 1.79. The van der Waals surface area contributed by atoms with E-state index in [1.807, 2.05) is 6.07 Å². The molecule has 108 valence electrons. The first-order valence-electron chi connectivity index (χ1n) is 7.13. The van der Waals surface area contributed by atoms with E-state index >= 15 is 0 Å². The Morgan fingerprint density at radius 2 is 1.95 bits per heavy atom. The number of ether oxygens (including phenoxy) is 1. The van der Waals surface area contributed by atoms with Gasteiger partial charge in [0.25, 0.3) is 0 Å². The first-order valence-corrected chi connectivity index (χ1v) is 8.01. The molecule has 0 fully saturated rings. The van der Waals surface area contributed by atoms with Gasteiger partial charge in [-0.05, 0) is 42.5 Å². The average Bonchev–Trinajstić information content (AvgIpc) is 2.90. The summed E-state index contributed by atoms with van der Waals surface area (Å²) in [4.78, 5) is 1.36. The van der Waals surface area contributed by atoms with Crippen LogP contribution in [0.4, 0.5) is 0 Å². The van der Waals surface area contributed by atoms with Crippen LogP contribution in [0.1, 0.15) is 41.5 Å². The van der Waals surface area contributed by atoms with Crippen molar-refractivity contribution in [1.29, 1.82) is 0 Å². The van der Waals surface area contributed by atoms with Crippen molar-refractivity contribution in [3.63, 3.8) is 0 Å². The number of aryl methyl sites for hydroxylation is 1. The Balaban J connectivity index is 2.31. The molecule has 2 nitrogen and oxygen atoms in total. The van der Waals surface area contributed by atoms with E-state index in [1.54, 1.807) is 18.4 Å². The van der Waals surface area contributed by atoms with Crippen LogP contribution >= 0.6 is 11.3 Å². The van der Waals surface area contributed by atoms with E-state index in [2.05, 4.69) is 54.9 Å². The van der Waals surface area contributed by atoms with Gasteiger partial charge in [0.2, 0.25) is 0 Å². The molecule has 20 heavy (non-hydrogen) atoms. The van der Waals surface area contributed by atoms with Gasteiger partial charge in [-0.15, -0.1) is 11.3 Å². The average molecular weight is 289 g/mol. The van der Waals surface area contributed by atoms with E-state index in [-0.39, 0.29) is 12.1 Å². The fourth-order valence-electron chi connectivity index (χ4n) is 2.50. The van der Waals surface area contributed by atoms with E-state index in [1.165, 1.54) is 16.0 Å². The van der Waals surface area contributed by atoms with Crippen molar-refractivity contribution >= 4 is 11.3 Å². The highest BCUT2D eigenvalue weighted by Gasteiger charge is 2.25. The summed E-state index contributed by atoms with van der Waals surface area (Å²) >= 11 is 1.79. The number of hydrogen-bond acceptors (Lipinski definition) is 3. The molecule has 3 heteroatoms. The van der Waals surface area contributed by atoms with Crippen molar-refractivity contribution in [2.24, 2.45) is 0 Å². The predicted octanol–water partition coefficient (Wildman–Crippen LogP) is 4.48. The molecule has 2 atom stereocenters.